The highest BCUT2D eigenvalue weighted by Crippen LogP contribution is 2.25. The minimum absolute atomic E-state index is 0.288. The first-order valence-electron chi connectivity index (χ1n) is 8.69. The summed E-state index contributed by atoms with van der Waals surface area (Å²) in [6.07, 6.45) is 3.00. The van der Waals surface area contributed by atoms with E-state index in [0.29, 0.717) is 28.1 Å². The third-order valence-corrected chi connectivity index (χ3v) is 4.58. The van der Waals surface area contributed by atoms with Gasteiger partial charge in [0, 0.05) is 28.8 Å². The number of hydrogen-bond acceptors (Lipinski definition) is 4. The van der Waals surface area contributed by atoms with E-state index in [9.17, 15) is 4.79 Å². The second kappa shape index (κ2) is 8.18. The van der Waals surface area contributed by atoms with Crippen molar-refractivity contribution in [1.29, 1.82) is 0 Å². The third-order valence-electron chi connectivity index (χ3n) is 4.17. The Hall–Kier alpha value is -2.92. The fourth-order valence-electron chi connectivity index (χ4n) is 2.62. The molecule has 3 rings (SSSR count). The maximum absolute atomic E-state index is 12.4. The normalized spacial score (nSPS) is 10.7. The highest BCUT2D eigenvalue weighted by Gasteiger charge is 2.10. The summed E-state index contributed by atoms with van der Waals surface area (Å²) in [6, 6.07) is 13.4. The summed E-state index contributed by atoms with van der Waals surface area (Å²) in [4.78, 5) is 20.9. The number of para-hydroxylation sites is 1. The van der Waals surface area contributed by atoms with E-state index in [4.69, 9.17) is 11.6 Å². The molecule has 1 heterocycles. The van der Waals surface area contributed by atoms with E-state index in [2.05, 4.69) is 40.5 Å². The number of carbonyl (C=O) groups excluding carboxylic acids is 1. The molecule has 0 saturated carbocycles. The zero-order valence-electron chi connectivity index (χ0n) is 15.5. The van der Waals surface area contributed by atoms with Gasteiger partial charge < -0.3 is 10.6 Å². The molecule has 0 aliphatic carbocycles. The van der Waals surface area contributed by atoms with Crippen molar-refractivity contribution in [2.45, 2.75) is 26.7 Å². The Kier molecular flexibility index (Phi) is 5.72. The topological polar surface area (TPSA) is 66.9 Å². The van der Waals surface area contributed by atoms with E-state index >= 15 is 0 Å². The molecular weight excluding hydrogens is 360 g/mol. The number of anilines is 3. The summed E-state index contributed by atoms with van der Waals surface area (Å²) in [5.74, 6) is 0.530. The number of amides is 1. The quantitative estimate of drug-likeness (QED) is 0.608. The molecule has 0 spiro atoms. The van der Waals surface area contributed by atoms with Crippen molar-refractivity contribution >= 4 is 34.8 Å². The van der Waals surface area contributed by atoms with Crippen LogP contribution in [0.5, 0.6) is 0 Å². The van der Waals surface area contributed by atoms with E-state index < -0.39 is 0 Å². The number of carbonyl (C=O) groups is 1. The average Bonchev–Trinajstić information content (AvgIpc) is 2.65. The second-order valence-corrected chi connectivity index (χ2v) is 6.99. The van der Waals surface area contributed by atoms with Gasteiger partial charge in [-0.2, -0.15) is 0 Å². The Labute approximate surface area is 163 Å². The van der Waals surface area contributed by atoms with Gasteiger partial charge in [-0.05, 0) is 42.2 Å². The van der Waals surface area contributed by atoms with Gasteiger partial charge in [-0.1, -0.05) is 49.7 Å². The van der Waals surface area contributed by atoms with Crippen molar-refractivity contribution in [3.8, 4) is 0 Å². The molecular formula is C21H21ClN4O. The molecule has 0 saturated heterocycles. The van der Waals surface area contributed by atoms with Crippen LogP contribution in [0, 0.1) is 6.92 Å². The smallest absolute Gasteiger partial charge is 0.258 e. The number of rotatable bonds is 5. The molecule has 0 aliphatic heterocycles. The molecule has 3 aromatic rings. The lowest BCUT2D eigenvalue weighted by Gasteiger charge is -2.13. The molecule has 2 aromatic carbocycles. The molecule has 27 heavy (non-hydrogen) atoms. The summed E-state index contributed by atoms with van der Waals surface area (Å²) >= 11 is 6.09. The number of nitrogens with zero attached hydrogens (tertiary/aromatic N) is 2. The van der Waals surface area contributed by atoms with E-state index in [-0.39, 0.29) is 5.91 Å². The highest BCUT2D eigenvalue weighted by atomic mass is 35.5. The lowest BCUT2D eigenvalue weighted by molar-refractivity contribution is 0.102. The minimum atomic E-state index is -0.288. The second-order valence-electron chi connectivity index (χ2n) is 6.58. The van der Waals surface area contributed by atoms with Crippen LogP contribution in [0.2, 0.25) is 5.02 Å². The highest BCUT2D eigenvalue weighted by molar-refractivity contribution is 6.31. The summed E-state index contributed by atoms with van der Waals surface area (Å²) in [6.45, 7) is 6.17. The van der Waals surface area contributed by atoms with Crippen LogP contribution in [0.1, 0.15) is 41.3 Å². The summed E-state index contributed by atoms with van der Waals surface area (Å²) < 4.78 is 0. The van der Waals surface area contributed by atoms with Crippen LogP contribution >= 0.6 is 11.6 Å². The Morgan fingerprint density at radius 3 is 2.44 bits per heavy atom. The molecule has 2 N–H and O–H groups in total. The summed E-state index contributed by atoms with van der Waals surface area (Å²) in [5, 5.41) is 6.61. The molecule has 138 valence electrons. The molecule has 1 aromatic heterocycles. The monoisotopic (exact) mass is 380 g/mol. The van der Waals surface area contributed by atoms with Gasteiger partial charge in [-0.25, -0.2) is 9.97 Å². The third kappa shape index (κ3) is 4.63. The van der Waals surface area contributed by atoms with Crippen molar-refractivity contribution in [1.82, 2.24) is 9.97 Å². The average molecular weight is 381 g/mol. The zero-order valence-corrected chi connectivity index (χ0v) is 16.2. The van der Waals surface area contributed by atoms with Crippen LogP contribution in [-0.4, -0.2) is 15.9 Å². The first-order chi connectivity index (χ1) is 12.9. The lowest BCUT2D eigenvalue weighted by atomic mass is 10.0. The zero-order chi connectivity index (χ0) is 19.4. The predicted molar refractivity (Wildman–Crippen MR) is 110 cm³/mol. The van der Waals surface area contributed by atoms with Gasteiger partial charge in [-0.3, -0.25) is 4.79 Å². The van der Waals surface area contributed by atoms with Gasteiger partial charge in [0.1, 0.15) is 0 Å². The largest absolute Gasteiger partial charge is 0.324 e. The molecule has 0 atom stereocenters. The van der Waals surface area contributed by atoms with Gasteiger partial charge in [0.2, 0.25) is 5.95 Å². The molecule has 1 amide bonds. The van der Waals surface area contributed by atoms with E-state index in [1.165, 1.54) is 18.0 Å². The number of hydrogen-bond donors (Lipinski definition) is 2. The number of nitrogens with one attached hydrogen (secondary N) is 2. The number of aryl methyl sites for hydroxylation is 1. The number of aromatic nitrogens is 2. The van der Waals surface area contributed by atoms with Crippen LogP contribution < -0.4 is 10.6 Å². The first-order valence-corrected chi connectivity index (χ1v) is 9.07. The molecule has 5 nitrogen and oxygen atoms in total. The molecule has 0 aliphatic rings. The van der Waals surface area contributed by atoms with Crippen molar-refractivity contribution in [3.05, 3.63) is 76.6 Å². The van der Waals surface area contributed by atoms with Crippen LogP contribution in [0.4, 0.5) is 17.3 Å². The Morgan fingerprint density at radius 1 is 1.07 bits per heavy atom. The fourth-order valence-corrected chi connectivity index (χ4v) is 2.80. The SMILES string of the molecule is Cc1ccc(NC(=O)c2cnc(Nc3ccccc3C(C)C)nc2)cc1Cl. The maximum Gasteiger partial charge on any atom is 0.258 e. The molecule has 6 heteroatoms. The number of benzene rings is 2. The molecule has 0 radical (unpaired) electrons. The Bertz CT molecular complexity index is 955. The van der Waals surface area contributed by atoms with E-state index in [0.717, 1.165) is 11.3 Å². The summed E-state index contributed by atoms with van der Waals surface area (Å²) in [5.41, 5.74) is 4.09. The van der Waals surface area contributed by atoms with Crippen molar-refractivity contribution in [3.63, 3.8) is 0 Å². The van der Waals surface area contributed by atoms with Gasteiger partial charge >= 0.3 is 0 Å². The number of halogens is 1. The van der Waals surface area contributed by atoms with Crippen LogP contribution in [0.3, 0.4) is 0 Å². The minimum Gasteiger partial charge on any atom is -0.324 e. The van der Waals surface area contributed by atoms with E-state index in [1.54, 1.807) is 12.1 Å². The first kappa shape index (κ1) is 18.9. The van der Waals surface area contributed by atoms with Gasteiger partial charge in [-0.15, -0.1) is 0 Å². The van der Waals surface area contributed by atoms with Gasteiger partial charge in [0.15, 0.2) is 0 Å². The van der Waals surface area contributed by atoms with Crippen LogP contribution in [0.15, 0.2) is 54.9 Å². The summed E-state index contributed by atoms with van der Waals surface area (Å²) in [7, 11) is 0. The van der Waals surface area contributed by atoms with Gasteiger partial charge in [0.05, 0.1) is 5.56 Å². The van der Waals surface area contributed by atoms with Gasteiger partial charge in [0.25, 0.3) is 5.91 Å². The van der Waals surface area contributed by atoms with Crippen molar-refractivity contribution in [2.75, 3.05) is 10.6 Å². The lowest BCUT2D eigenvalue weighted by Crippen LogP contribution is -2.13. The molecule has 0 unspecified atom stereocenters. The van der Waals surface area contributed by atoms with Crippen LogP contribution in [0.25, 0.3) is 0 Å². The fraction of sp³-hybridized carbons (Fsp3) is 0.190. The Balaban J connectivity index is 1.71. The van der Waals surface area contributed by atoms with E-state index in [1.807, 2.05) is 31.2 Å². The standard InChI is InChI=1S/C21H21ClN4O/c1-13(2)17-6-4-5-7-19(17)26-21-23-11-15(12-24-21)20(27)25-16-9-8-14(3)18(22)10-16/h4-13H,1-3H3,(H,25,27)(H,23,24,26). The van der Waals surface area contributed by atoms with Crippen LogP contribution in [-0.2, 0) is 0 Å². The molecule has 0 fully saturated rings. The van der Waals surface area contributed by atoms with Crippen molar-refractivity contribution < 1.29 is 4.79 Å². The Morgan fingerprint density at radius 2 is 1.78 bits per heavy atom. The predicted octanol–water partition coefficient (Wildman–Crippen LogP) is 5.56. The molecule has 0 bridgehead atoms. The van der Waals surface area contributed by atoms with Crippen molar-refractivity contribution in [2.24, 2.45) is 0 Å². The maximum atomic E-state index is 12.4.